The molecule has 10 nitrogen and oxygen atoms in total. The number of ether oxygens (including phenoxy) is 3. The van der Waals surface area contributed by atoms with Crippen LogP contribution in [-0.2, 0) is 41.6 Å². The predicted molar refractivity (Wildman–Crippen MR) is 158 cm³/mol. The third kappa shape index (κ3) is 12.0. The van der Waals surface area contributed by atoms with E-state index in [4.69, 9.17) is 19.0 Å². The molecule has 2 rings (SSSR count). The summed E-state index contributed by atoms with van der Waals surface area (Å²) in [5.74, 6) is -1.45. The zero-order valence-electron chi connectivity index (χ0n) is 25.5. The maximum Gasteiger partial charge on any atom is 0.244 e. The zero-order chi connectivity index (χ0) is 31.1. The van der Waals surface area contributed by atoms with E-state index in [1.165, 1.54) is 21.3 Å². The Morgan fingerprint density at radius 3 is 2.17 bits per heavy atom. The van der Waals surface area contributed by atoms with Gasteiger partial charge in [0.2, 0.25) is 11.8 Å². The van der Waals surface area contributed by atoms with Gasteiger partial charge >= 0.3 is 0 Å². The highest BCUT2D eigenvalue weighted by Gasteiger charge is 2.29. The Balaban J connectivity index is 2.11. The minimum absolute atomic E-state index is 0.0617. The molecular formula is C32H44N2O8. The number of benzene rings is 2. The third-order valence-corrected chi connectivity index (χ3v) is 6.45. The van der Waals surface area contributed by atoms with Gasteiger partial charge in [-0.2, -0.15) is 0 Å². The Hall–Kier alpha value is -3.76. The molecule has 2 N–H and O–H groups in total. The molecule has 42 heavy (non-hydrogen) atoms. The molecule has 2 aromatic carbocycles. The lowest BCUT2D eigenvalue weighted by atomic mass is 9.93. The van der Waals surface area contributed by atoms with E-state index in [1.54, 1.807) is 26.8 Å². The number of carbonyl (C=O) groups excluding carboxylic acids is 4. The molecule has 0 fully saturated rings. The number of nitrogens with one attached hydrogen (secondary N) is 2. The highest BCUT2D eigenvalue weighted by Crippen LogP contribution is 2.31. The maximum absolute atomic E-state index is 13.4. The van der Waals surface area contributed by atoms with Crippen molar-refractivity contribution in [3.05, 3.63) is 59.7 Å². The minimum Gasteiger partial charge on any atom is -0.493 e. The number of hydrogen-bond acceptors (Lipinski definition) is 8. The van der Waals surface area contributed by atoms with Gasteiger partial charge in [0.1, 0.15) is 11.8 Å². The lowest BCUT2D eigenvalue weighted by Crippen LogP contribution is -2.47. The van der Waals surface area contributed by atoms with Crippen LogP contribution in [0.1, 0.15) is 57.6 Å². The summed E-state index contributed by atoms with van der Waals surface area (Å²) < 4.78 is 16.0. The average Bonchev–Trinajstić information content (AvgIpc) is 2.97. The van der Waals surface area contributed by atoms with Crippen LogP contribution in [0.15, 0.2) is 48.5 Å². The van der Waals surface area contributed by atoms with Gasteiger partial charge in [0.05, 0.1) is 32.3 Å². The number of aryl methyl sites for hydroxylation is 2. The standard InChI is InChI=1S/C32H44N2O8/c1-32(2,3)42-34-29(37)20-24(19-25(35)17-15-22-11-8-7-9-12-22)31(38)33-26(21-39-4)27(36)18-16-23-13-10-14-28(40-5)30(23)41-6/h7-14,24,26H,15-21H2,1-6H3,(H,33,38)(H,34,37)/t24-,26-/m0/s1. The predicted octanol–water partition coefficient (Wildman–Crippen LogP) is 3.78. The van der Waals surface area contributed by atoms with E-state index in [-0.39, 0.29) is 43.9 Å². The molecule has 0 bridgehead atoms. The van der Waals surface area contributed by atoms with Gasteiger partial charge < -0.3 is 19.5 Å². The van der Waals surface area contributed by atoms with E-state index in [2.05, 4.69) is 10.8 Å². The second-order valence-electron chi connectivity index (χ2n) is 11.0. The number of para-hydroxylation sites is 1. The Kier molecular flexibility index (Phi) is 14.1. The summed E-state index contributed by atoms with van der Waals surface area (Å²) in [6.07, 6.45) is 0.745. The first-order chi connectivity index (χ1) is 20.0. The lowest BCUT2D eigenvalue weighted by molar-refractivity contribution is -0.148. The van der Waals surface area contributed by atoms with Crippen molar-refractivity contribution < 1.29 is 38.2 Å². The summed E-state index contributed by atoms with van der Waals surface area (Å²) in [6.45, 7) is 5.25. The molecule has 0 saturated heterocycles. The number of rotatable bonds is 18. The molecule has 0 spiro atoms. The first-order valence-corrected chi connectivity index (χ1v) is 14.0. The summed E-state index contributed by atoms with van der Waals surface area (Å²) in [6, 6.07) is 14.0. The maximum atomic E-state index is 13.4. The summed E-state index contributed by atoms with van der Waals surface area (Å²) >= 11 is 0. The molecule has 230 valence electrons. The van der Waals surface area contributed by atoms with Crippen molar-refractivity contribution in [2.24, 2.45) is 5.92 Å². The Morgan fingerprint density at radius 2 is 1.55 bits per heavy atom. The van der Waals surface area contributed by atoms with Crippen molar-refractivity contribution in [3.63, 3.8) is 0 Å². The summed E-state index contributed by atoms with van der Waals surface area (Å²) in [7, 11) is 4.50. The first-order valence-electron chi connectivity index (χ1n) is 14.0. The number of hydroxylamine groups is 1. The van der Waals surface area contributed by atoms with Crippen molar-refractivity contribution in [3.8, 4) is 11.5 Å². The molecular weight excluding hydrogens is 540 g/mol. The molecule has 0 heterocycles. The number of hydrogen-bond donors (Lipinski definition) is 2. The van der Waals surface area contributed by atoms with E-state index in [0.29, 0.717) is 24.3 Å². The molecule has 2 aromatic rings. The smallest absolute Gasteiger partial charge is 0.244 e. The summed E-state index contributed by atoms with van der Waals surface area (Å²) in [4.78, 5) is 57.5. The monoisotopic (exact) mass is 584 g/mol. The van der Waals surface area contributed by atoms with Crippen molar-refractivity contribution in [1.82, 2.24) is 10.8 Å². The molecule has 2 amide bonds. The fourth-order valence-electron chi connectivity index (χ4n) is 4.29. The average molecular weight is 585 g/mol. The van der Waals surface area contributed by atoms with Crippen LogP contribution < -0.4 is 20.3 Å². The fraction of sp³-hybridized carbons (Fsp3) is 0.500. The first kappa shape index (κ1) is 34.4. The molecule has 10 heteroatoms. The second-order valence-corrected chi connectivity index (χ2v) is 11.0. The number of carbonyl (C=O) groups is 4. The van der Waals surface area contributed by atoms with Gasteiger partial charge in [0.15, 0.2) is 17.3 Å². The van der Waals surface area contributed by atoms with E-state index in [1.807, 2.05) is 42.5 Å². The van der Waals surface area contributed by atoms with Crippen LogP contribution >= 0.6 is 0 Å². The molecule has 0 radical (unpaired) electrons. The van der Waals surface area contributed by atoms with Crippen molar-refractivity contribution in [2.75, 3.05) is 27.9 Å². The molecule has 0 aliphatic heterocycles. The van der Waals surface area contributed by atoms with E-state index in [0.717, 1.165) is 11.1 Å². The van der Waals surface area contributed by atoms with Gasteiger partial charge in [0.25, 0.3) is 0 Å². The van der Waals surface area contributed by atoms with Gasteiger partial charge in [-0.1, -0.05) is 42.5 Å². The molecule has 2 atom stereocenters. The summed E-state index contributed by atoms with van der Waals surface area (Å²) in [5.41, 5.74) is 3.50. The Labute approximate surface area is 248 Å². The van der Waals surface area contributed by atoms with Crippen molar-refractivity contribution in [2.45, 2.75) is 70.9 Å². The quantitative estimate of drug-likeness (QED) is 0.253. The number of amides is 2. The van der Waals surface area contributed by atoms with Crippen LogP contribution in [0.4, 0.5) is 0 Å². The van der Waals surface area contributed by atoms with Crippen LogP contribution in [-0.4, -0.2) is 63.0 Å². The second kappa shape index (κ2) is 17.3. The highest BCUT2D eigenvalue weighted by atomic mass is 16.7. The van der Waals surface area contributed by atoms with Gasteiger partial charge in [-0.3, -0.25) is 24.0 Å². The zero-order valence-corrected chi connectivity index (χ0v) is 25.5. The number of Topliss-reactive ketones (excluding diaryl/α,β-unsaturated/α-hetero) is 2. The van der Waals surface area contributed by atoms with Gasteiger partial charge in [-0.25, -0.2) is 5.48 Å². The SMILES string of the molecule is COC[C@H](NC(=O)[C@@H](CC(=O)CCc1ccccc1)CC(=O)NOC(C)(C)C)C(=O)CCc1cccc(OC)c1OC. The van der Waals surface area contributed by atoms with Crippen LogP contribution in [0.25, 0.3) is 0 Å². The largest absolute Gasteiger partial charge is 0.493 e. The fourth-order valence-corrected chi connectivity index (χ4v) is 4.29. The summed E-state index contributed by atoms with van der Waals surface area (Å²) in [5, 5.41) is 2.72. The van der Waals surface area contributed by atoms with Crippen LogP contribution in [0.2, 0.25) is 0 Å². The normalized spacial score (nSPS) is 12.6. The van der Waals surface area contributed by atoms with E-state index >= 15 is 0 Å². The van der Waals surface area contributed by atoms with E-state index in [9.17, 15) is 19.2 Å². The minimum atomic E-state index is -0.998. The molecule has 0 unspecified atom stereocenters. The Morgan fingerprint density at radius 1 is 0.833 bits per heavy atom. The van der Waals surface area contributed by atoms with Gasteiger partial charge in [-0.15, -0.1) is 0 Å². The third-order valence-electron chi connectivity index (χ3n) is 6.45. The van der Waals surface area contributed by atoms with Gasteiger partial charge in [-0.05, 0) is 50.8 Å². The molecule has 0 aliphatic rings. The van der Waals surface area contributed by atoms with Crippen LogP contribution in [0.5, 0.6) is 11.5 Å². The molecule has 0 saturated carbocycles. The highest BCUT2D eigenvalue weighted by molar-refractivity contribution is 5.94. The van der Waals surface area contributed by atoms with Crippen LogP contribution in [0, 0.1) is 5.92 Å². The molecule has 0 aliphatic carbocycles. The van der Waals surface area contributed by atoms with E-state index < -0.39 is 29.4 Å². The number of ketones is 2. The van der Waals surface area contributed by atoms with Crippen LogP contribution in [0.3, 0.4) is 0 Å². The van der Waals surface area contributed by atoms with Gasteiger partial charge in [0, 0.05) is 32.8 Å². The molecule has 0 aromatic heterocycles. The Bertz CT molecular complexity index is 1180. The lowest BCUT2D eigenvalue weighted by Gasteiger charge is -2.23. The van der Waals surface area contributed by atoms with Crippen molar-refractivity contribution >= 4 is 23.4 Å². The topological polar surface area (TPSA) is 129 Å². The van der Waals surface area contributed by atoms with Crippen molar-refractivity contribution in [1.29, 1.82) is 0 Å². The number of methoxy groups -OCH3 is 3.